The number of carbonyl (C=O) groups is 2. The minimum absolute atomic E-state index is 0.0459. The summed E-state index contributed by atoms with van der Waals surface area (Å²) >= 11 is 0. The van der Waals surface area contributed by atoms with Crippen LogP contribution < -0.4 is 10.1 Å². The summed E-state index contributed by atoms with van der Waals surface area (Å²) in [5.41, 5.74) is 2.42. The molecule has 0 bridgehead atoms. The van der Waals surface area contributed by atoms with Gasteiger partial charge in [-0.1, -0.05) is 12.1 Å². The van der Waals surface area contributed by atoms with Gasteiger partial charge in [0.2, 0.25) is 0 Å². The first-order chi connectivity index (χ1) is 11.6. The van der Waals surface area contributed by atoms with Crippen LogP contribution in [0.15, 0.2) is 35.5 Å². The average Bonchev–Trinajstić information content (AvgIpc) is 3.35. The van der Waals surface area contributed by atoms with E-state index in [4.69, 9.17) is 4.74 Å². The lowest BCUT2D eigenvalue weighted by Gasteiger charge is -2.31. The van der Waals surface area contributed by atoms with Crippen molar-refractivity contribution < 1.29 is 14.3 Å². The van der Waals surface area contributed by atoms with E-state index in [-0.39, 0.29) is 11.9 Å². The summed E-state index contributed by atoms with van der Waals surface area (Å²) in [5.74, 6) is 1.42. The highest BCUT2D eigenvalue weighted by Crippen LogP contribution is 2.38. The molecule has 6 heteroatoms. The second kappa shape index (κ2) is 5.54. The van der Waals surface area contributed by atoms with Crippen molar-refractivity contribution in [3.8, 4) is 5.75 Å². The first-order valence-corrected chi connectivity index (χ1v) is 8.29. The van der Waals surface area contributed by atoms with Crippen LogP contribution >= 0.6 is 0 Å². The SMILES string of the molecule is COc1ccc(C2NC(=O)N(C)C3=C2C(=O)N(CC2CC2)C3)cc1. The van der Waals surface area contributed by atoms with Crippen LogP contribution in [-0.4, -0.2) is 49.0 Å². The van der Waals surface area contributed by atoms with Gasteiger partial charge in [0.25, 0.3) is 5.91 Å². The third-order valence-corrected chi connectivity index (χ3v) is 5.06. The monoisotopic (exact) mass is 327 g/mol. The van der Waals surface area contributed by atoms with Crippen molar-refractivity contribution in [1.29, 1.82) is 0 Å². The number of methoxy groups -OCH3 is 1. The molecule has 6 nitrogen and oxygen atoms in total. The van der Waals surface area contributed by atoms with Crippen LogP contribution in [0.2, 0.25) is 0 Å². The maximum absolute atomic E-state index is 12.9. The van der Waals surface area contributed by atoms with E-state index in [1.54, 1.807) is 19.1 Å². The molecule has 3 amide bonds. The molecule has 1 aromatic carbocycles. The van der Waals surface area contributed by atoms with Gasteiger partial charge >= 0.3 is 6.03 Å². The largest absolute Gasteiger partial charge is 0.497 e. The summed E-state index contributed by atoms with van der Waals surface area (Å²) < 4.78 is 5.19. The number of hydrogen-bond donors (Lipinski definition) is 1. The van der Waals surface area contributed by atoms with E-state index in [0.717, 1.165) is 23.6 Å². The molecular weight excluding hydrogens is 306 g/mol. The molecule has 0 saturated heterocycles. The highest BCUT2D eigenvalue weighted by molar-refractivity contribution is 6.01. The molecular formula is C18H21N3O3. The van der Waals surface area contributed by atoms with Crippen LogP contribution in [0.1, 0.15) is 24.4 Å². The number of hydrogen-bond acceptors (Lipinski definition) is 3. The van der Waals surface area contributed by atoms with E-state index >= 15 is 0 Å². The Morgan fingerprint density at radius 3 is 2.54 bits per heavy atom. The molecule has 4 rings (SSSR count). The number of nitrogens with zero attached hydrogens (tertiary/aromatic N) is 2. The van der Waals surface area contributed by atoms with Crippen LogP contribution in [0.5, 0.6) is 5.75 Å². The van der Waals surface area contributed by atoms with Gasteiger partial charge in [0.05, 0.1) is 31.0 Å². The van der Waals surface area contributed by atoms with Crippen LogP contribution in [-0.2, 0) is 4.79 Å². The Labute approximate surface area is 141 Å². The number of amides is 3. The van der Waals surface area contributed by atoms with E-state index in [2.05, 4.69) is 5.32 Å². The second-order valence-electron chi connectivity index (χ2n) is 6.70. The fraction of sp³-hybridized carbons (Fsp3) is 0.444. The maximum atomic E-state index is 12.9. The van der Waals surface area contributed by atoms with E-state index in [0.29, 0.717) is 18.0 Å². The quantitative estimate of drug-likeness (QED) is 0.919. The molecule has 0 aromatic heterocycles. The molecule has 2 aliphatic heterocycles. The number of urea groups is 1. The lowest BCUT2D eigenvalue weighted by Crippen LogP contribution is -2.45. The standard InChI is InChI=1S/C18H21N3O3/c1-20-14-10-21(9-11-3-4-11)17(22)15(14)16(19-18(20)23)12-5-7-13(24-2)8-6-12/h5-8,11,16H,3-4,9-10H2,1-2H3,(H,19,23). The topological polar surface area (TPSA) is 61.9 Å². The molecule has 1 fully saturated rings. The Morgan fingerprint density at radius 2 is 1.92 bits per heavy atom. The van der Waals surface area contributed by atoms with Crippen molar-refractivity contribution in [2.75, 3.05) is 27.2 Å². The number of carbonyl (C=O) groups excluding carboxylic acids is 2. The summed E-state index contributed by atoms with van der Waals surface area (Å²) in [5, 5.41) is 2.95. The zero-order valence-corrected chi connectivity index (χ0v) is 13.9. The highest BCUT2D eigenvalue weighted by atomic mass is 16.5. The molecule has 126 valence electrons. The third-order valence-electron chi connectivity index (χ3n) is 5.06. The molecule has 0 radical (unpaired) electrons. The Balaban J connectivity index is 1.67. The Hall–Kier alpha value is -2.50. The summed E-state index contributed by atoms with van der Waals surface area (Å²) in [6.45, 7) is 1.32. The van der Waals surface area contributed by atoms with Crippen LogP contribution in [0, 0.1) is 5.92 Å². The highest BCUT2D eigenvalue weighted by Gasteiger charge is 2.43. The van der Waals surface area contributed by atoms with Gasteiger partial charge in [-0.25, -0.2) is 4.79 Å². The van der Waals surface area contributed by atoms with Crippen molar-refractivity contribution in [2.24, 2.45) is 5.92 Å². The van der Waals surface area contributed by atoms with Gasteiger partial charge in [-0.2, -0.15) is 0 Å². The lowest BCUT2D eigenvalue weighted by atomic mass is 9.95. The number of ether oxygens (including phenoxy) is 1. The molecule has 1 unspecified atom stereocenters. The van der Waals surface area contributed by atoms with Crippen LogP contribution in [0.4, 0.5) is 4.79 Å². The van der Waals surface area contributed by atoms with Crippen molar-refractivity contribution in [1.82, 2.24) is 15.1 Å². The average molecular weight is 327 g/mol. The Kier molecular flexibility index (Phi) is 3.48. The van der Waals surface area contributed by atoms with E-state index in [9.17, 15) is 9.59 Å². The summed E-state index contributed by atoms with van der Waals surface area (Å²) in [4.78, 5) is 28.7. The molecule has 0 spiro atoms. The second-order valence-corrected chi connectivity index (χ2v) is 6.70. The maximum Gasteiger partial charge on any atom is 0.322 e. The summed E-state index contributed by atoms with van der Waals surface area (Å²) in [6.07, 6.45) is 2.40. The smallest absolute Gasteiger partial charge is 0.322 e. The molecule has 24 heavy (non-hydrogen) atoms. The van der Waals surface area contributed by atoms with Gasteiger partial charge in [-0.3, -0.25) is 9.69 Å². The van der Waals surface area contributed by atoms with Crippen molar-refractivity contribution in [2.45, 2.75) is 18.9 Å². The predicted octanol–water partition coefficient (Wildman–Crippen LogP) is 1.90. The summed E-state index contributed by atoms with van der Waals surface area (Å²) in [6, 6.07) is 6.93. The number of likely N-dealkylation sites (N-methyl/N-ethyl adjacent to an activating group) is 1. The molecule has 1 aliphatic carbocycles. The third kappa shape index (κ3) is 2.42. The van der Waals surface area contributed by atoms with E-state index < -0.39 is 6.04 Å². The van der Waals surface area contributed by atoms with Crippen LogP contribution in [0.25, 0.3) is 0 Å². The summed E-state index contributed by atoms with van der Waals surface area (Å²) in [7, 11) is 3.34. The Bertz CT molecular complexity index is 722. The van der Waals surface area contributed by atoms with Gasteiger partial charge in [0.15, 0.2) is 0 Å². The van der Waals surface area contributed by atoms with Crippen LogP contribution in [0.3, 0.4) is 0 Å². The molecule has 1 aromatic rings. The number of rotatable bonds is 4. The first kappa shape index (κ1) is 15.1. The van der Waals surface area contributed by atoms with E-state index in [1.165, 1.54) is 12.8 Å². The predicted molar refractivity (Wildman–Crippen MR) is 88.4 cm³/mol. The minimum Gasteiger partial charge on any atom is -0.497 e. The molecule has 2 heterocycles. The first-order valence-electron chi connectivity index (χ1n) is 8.29. The zero-order valence-electron chi connectivity index (χ0n) is 13.9. The van der Waals surface area contributed by atoms with Crippen molar-refractivity contribution in [3.05, 3.63) is 41.1 Å². The lowest BCUT2D eigenvalue weighted by molar-refractivity contribution is -0.126. The van der Waals surface area contributed by atoms with Gasteiger partial charge in [0.1, 0.15) is 5.75 Å². The number of nitrogens with one attached hydrogen (secondary N) is 1. The van der Waals surface area contributed by atoms with Crippen molar-refractivity contribution in [3.63, 3.8) is 0 Å². The van der Waals surface area contributed by atoms with Gasteiger partial charge < -0.3 is 15.0 Å². The molecule has 1 N–H and O–H groups in total. The van der Waals surface area contributed by atoms with Gasteiger partial charge in [0, 0.05) is 13.6 Å². The molecule has 1 saturated carbocycles. The van der Waals surface area contributed by atoms with Crippen molar-refractivity contribution >= 4 is 11.9 Å². The van der Waals surface area contributed by atoms with E-state index in [1.807, 2.05) is 29.2 Å². The zero-order chi connectivity index (χ0) is 16.8. The number of benzene rings is 1. The molecule has 1 atom stereocenters. The Morgan fingerprint density at radius 1 is 1.21 bits per heavy atom. The van der Waals surface area contributed by atoms with Gasteiger partial charge in [-0.15, -0.1) is 0 Å². The fourth-order valence-corrected chi connectivity index (χ4v) is 3.43. The normalized spacial score (nSPS) is 23.5. The minimum atomic E-state index is -0.397. The molecule has 3 aliphatic rings. The van der Waals surface area contributed by atoms with Gasteiger partial charge in [-0.05, 0) is 36.5 Å². The fourth-order valence-electron chi connectivity index (χ4n) is 3.43.